The van der Waals surface area contributed by atoms with Crippen molar-refractivity contribution in [3.63, 3.8) is 0 Å². The monoisotopic (exact) mass is 302 g/mol. The van der Waals surface area contributed by atoms with Gasteiger partial charge in [-0.15, -0.1) is 0 Å². The number of carbonyl (C=O) groups is 1. The summed E-state index contributed by atoms with van der Waals surface area (Å²) in [4.78, 5) is 22.9. The van der Waals surface area contributed by atoms with Crippen molar-refractivity contribution >= 4 is 11.6 Å². The Balaban J connectivity index is 1.83. The first-order chi connectivity index (χ1) is 10.2. The molecule has 0 unspecified atom stereocenters. The number of nitro groups is 1. The van der Waals surface area contributed by atoms with Crippen LogP contribution in [0.1, 0.15) is 50.4 Å². The van der Waals surface area contributed by atoms with Crippen molar-refractivity contribution in [1.82, 2.24) is 5.32 Å². The second-order valence-corrected chi connectivity index (χ2v) is 7.63. The van der Waals surface area contributed by atoms with Crippen molar-refractivity contribution in [2.45, 2.75) is 46.1 Å². The molecule has 2 fully saturated rings. The standard InChI is InChI=1S/C17H22N2O3/c1-16(2)12-7-8-17(3,10-12)15(16)18-14(20)11-5-4-6-13(9-11)19(21)22/h4-6,9,12,15H,7-8,10H2,1-3H3,(H,18,20)/t12-,15+,17-/m0/s1. The first kappa shape index (κ1) is 15.0. The van der Waals surface area contributed by atoms with Gasteiger partial charge in [0.25, 0.3) is 11.6 Å². The van der Waals surface area contributed by atoms with E-state index in [1.165, 1.54) is 18.6 Å². The van der Waals surface area contributed by atoms with E-state index in [4.69, 9.17) is 0 Å². The van der Waals surface area contributed by atoms with Crippen LogP contribution >= 0.6 is 0 Å². The minimum Gasteiger partial charge on any atom is -0.348 e. The van der Waals surface area contributed by atoms with Gasteiger partial charge in [-0.2, -0.15) is 0 Å². The Morgan fingerprint density at radius 1 is 1.36 bits per heavy atom. The number of non-ortho nitro benzene ring substituents is 1. The van der Waals surface area contributed by atoms with Crippen LogP contribution in [0.25, 0.3) is 0 Å². The number of nitrogens with one attached hydrogen (secondary N) is 1. The first-order valence-corrected chi connectivity index (χ1v) is 7.79. The van der Waals surface area contributed by atoms with Crippen LogP contribution in [0, 0.1) is 26.9 Å². The van der Waals surface area contributed by atoms with Gasteiger partial charge in [0.05, 0.1) is 4.92 Å². The lowest BCUT2D eigenvalue weighted by atomic mass is 9.68. The Hall–Kier alpha value is -1.91. The fourth-order valence-corrected chi connectivity index (χ4v) is 4.64. The van der Waals surface area contributed by atoms with E-state index in [0.717, 1.165) is 12.8 Å². The summed E-state index contributed by atoms with van der Waals surface area (Å²) in [5, 5.41) is 14.0. The van der Waals surface area contributed by atoms with E-state index >= 15 is 0 Å². The molecule has 5 nitrogen and oxygen atoms in total. The number of benzene rings is 1. The van der Waals surface area contributed by atoms with E-state index in [9.17, 15) is 14.9 Å². The Kier molecular flexibility index (Phi) is 3.27. The van der Waals surface area contributed by atoms with Gasteiger partial charge in [0, 0.05) is 23.7 Å². The Bertz CT molecular complexity index is 636. The van der Waals surface area contributed by atoms with Crippen LogP contribution < -0.4 is 5.32 Å². The molecule has 5 heteroatoms. The van der Waals surface area contributed by atoms with Crippen LogP contribution in [-0.4, -0.2) is 16.9 Å². The third-order valence-electron chi connectivity index (χ3n) is 5.86. The third-order valence-corrected chi connectivity index (χ3v) is 5.86. The fourth-order valence-electron chi connectivity index (χ4n) is 4.64. The minimum atomic E-state index is -0.473. The van der Waals surface area contributed by atoms with Gasteiger partial charge in [0.1, 0.15) is 0 Å². The molecule has 0 spiro atoms. The fraction of sp³-hybridized carbons (Fsp3) is 0.588. The van der Waals surface area contributed by atoms with E-state index in [-0.39, 0.29) is 28.5 Å². The average Bonchev–Trinajstić information content (AvgIpc) is 2.94. The number of hydrogen-bond acceptors (Lipinski definition) is 3. The lowest BCUT2D eigenvalue weighted by Gasteiger charge is -2.43. The zero-order valence-corrected chi connectivity index (χ0v) is 13.3. The highest BCUT2D eigenvalue weighted by atomic mass is 16.6. The van der Waals surface area contributed by atoms with E-state index in [1.807, 2.05) is 0 Å². The molecule has 0 saturated heterocycles. The smallest absolute Gasteiger partial charge is 0.270 e. The first-order valence-electron chi connectivity index (χ1n) is 7.79. The number of amides is 1. The molecule has 0 aliphatic heterocycles. The molecule has 1 aromatic carbocycles. The van der Waals surface area contributed by atoms with Crippen molar-refractivity contribution in [2.75, 3.05) is 0 Å². The predicted molar refractivity (Wildman–Crippen MR) is 83.6 cm³/mol. The van der Waals surface area contributed by atoms with Crippen LogP contribution in [0.5, 0.6) is 0 Å². The van der Waals surface area contributed by atoms with Gasteiger partial charge in [-0.1, -0.05) is 26.8 Å². The number of nitrogens with zero attached hydrogens (tertiary/aromatic N) is 1. The maximum absolute atomic E-state index is 12.5. The molecule has 2 saturated carbocycles. The average molecular weight is 302 g/mol. The van der Waals surface area contributed by atoms with E-state index < -0.39 is 4.92 Å². The van der Waals surface area contributed by atoms with Crippen LogP contribution in [0.15, 0.2) is 24.3 Å². The summed E-state index contributed by atoms with van der Waals surface area (Å²) < 4.78 is 0. The van der Waals surface area contributed by atoms with Gasteiger partial charge < -0.3 is 5.32 Å². The summed E-state index contributed by atoms with van der Waals surface area (Å²) >= 11 is 0. The van der Waals surface area contributed by atoms with Crippen LogP contribution in [0.2, 0.25) is 0 Å². The van der Waals surface area contributed by atoms with E-state index in [2.05, 4.69) is 26.1 Å². The highest BCUT2D eigenvalue weighted by molar-refractivity contribution is 5.95. The molecule has 118 valence electrons. The van der Waals surface area contributed by atoms with Crippen molar-refractivity contribution in [2.24, 2.45) is 16.7 Å². The van der Waals surface area contributed by atoms with Crippen molar-refractivity contribution < 1.29 is 9.72 Å². The molecule has 2 aliphatic carbocycles. The molecule has 22 heavy (non-hydrogen) atoms. The number of hydrogen-bond donors (Lipinski definition) is 1. The van der Waals surface area contributed by atoms with Crippen molar-refractivity contribution in [3.05, 3.63) is 39.9 Å². The summed E-state index contributed by atoms with van der Waals surface area (Å²) in [6.45, 7) is 6.70. The zero-order valence-electron chi connectivity index (χ0n) is 13.3. The number of rotatable bonds is 3. The summed E-state index contributed by atoms with van der Waals surface area (Å²) in [7, 11) is 0. The Morgan fingerprint density at radius 2 is 2.09 bits per heavy atom. The number of fused-ring (bicyclic) bond motifs is 2. The number of carbonyl (C=O) groups excluding carboxylic acids is 1. The summed E-state index contributed by atoms with van der Waals surface area (Å²) in [6, 6.07) is 6.05. The van der Waals surface area contributed by atoms with Crippen LogP contribution in [0.4, 0.5) is 5.69 Å². The molecular weight excluding hydrogens is 280 g/mol. The SMILES string of the molecule is CC1(C)[C@H]2CC[C@@](C)(C2)[C@@H]1NC(=O)c1cccc([N+](=O)[O-])c1. The highest BCUT2D eigenvalue weighted by Gasteiger charge is 2.59. The normalized spacial score (nSPS) is 32.0. The lowest BCUT2D eigenvalue weighted by Crippen LogP contribution is -2.52. The topological polar surface area (TPSA) is 72.2 Å². The maximum atomic E-state index is 12.5. The molecule has 2 aliphatic rings. The van der Waals surface area contributed by atoms with Crippen LogP contribution in [-0.2, 0) is 0 Å². The van der Waals surface area contributed by atoms with Gasteiger partial charge in [-0.05, 0) is 42.1 Å². The van der Waals surface area contributed by atoms with E-state index in [1.54, 1.807) is 12.1 Å². The zero-order chi connectivity index (χ0) is 16.1. The lowest BCUT2D eigenvalue weighted by molar-refractivity contribution is -0.384. The second-order valence-electron chi connectivity index (χ2n) is 7.63. The molecular formula is C17H22N2O3. The molecule has 0 radical (unpaired) electrons. The quantitative estimate of drug-likeness (QED) is 0.685. The van der Waals surface area contributed by atoms with Gasteiger partial charge in [0.15, 0.2) is 0 Å². The Labute approximate surface area is 130 Å². The molecule has 3 atom stereocenters. The molecule has 3 rings (SSSR count). The summed E-state index contributed by atoms with van der Waals surface area (Å²) in [5.74, 6) is 0.434. The number of nitro benzene ring substituents is 1. The third kappa shape index (κ3) is 2.19. The molecule has 0 heterocycles. The van der Waals surface area contributed by atoms with Gasteiger partial charge >= 0.3 is 0 Å². The molecule has 2 bridgehead atoms. The minimum absolute atomic E-state index is 0.0499. The van der Waals surface area contributed by atoms with Crippen molar-refractivity contribution in [1.29, 1.82) is 0 Å². The molecule has 1 N–H and O–H groups in total. The van der Waals surface area contributed by atoms with Crippen LogP contribution in [0.3, 0.4) is 0 Å². The second kappa shape index (κ2) is 4.80. The van der Waals surface area contributed by atoms with E-state index in [0.29, 0.717) is 11.5 Å². The molecule has 1 amide bonds. The molecule has 1 aromatic rings. The predicted octanol–water partition coefficient (Wildman–Crippen LogP) is 3.54. The summed E-state index contributed by atoms with van der Waals surface area (Å²) in [5.41, 5.74) is 0.524. The maximum Gasteiger partial charge on any atom is 0.270 e. The Morgan fingerprint density at radius 3 is 2.68 bits per heavy atom. The summed E-state index contributed by atoms with van der Waals surface area (Å²) in [6.07, 6.45) is 3.52. The van der Waals surface area contributed by atoms with Gasteiger partial charge in [0.2, 0.25) is 0 Å². The van der Waals surface area contributed by atoms with Gasteiger partial charge in [-0.25, -0.2) is 0 Å². The molecule has 0 aromatic heterocycles. The van der Waals surface area contributed by atoms with Crippen molar-refractivity contribution in [3.8, 4) is 0 Å². The largest absolute Gasteiger partial charge is 0.348 e. The van der Waals surface area contributed by atoms with Gasteiger partial charge in [-0.3, -0.25) is 14.9 Å². The highest BCUT2D eigenvalue weighted by Crippen LogP contribution is 2.62.